The fraction of sp³-hybridized carbons (Fsp3) is 0.333. The van der Waals surface area contributed by atoms with Gasteiger partial charge in [-0.05, 0) is 30.0 Å². The molecule has 22 heavy (non-hydrogen) atoms. The van der Waals surface area contributed by atoms with Gasteiger partial charge in [0.2, 0.25) is 0 Å². The fourth-order valence-corrected chi connectivity index (χ4v) is 2.76. The third kappa shape index (κ3) is 3.55. The molecule has 0 aliphatic carbocycles. The van der Waals surface area contributed by atoms with E-state index in [9.17, 15) is 14.7 Å². The average Bonchev–Trinajstić information content (AvgIpc) is 3.22. The summed E-state index contributed by atoms with van der Waals surface area (Å²) in [5, 5.41) is 17.7. The van der Waals surface area contributed by atoms with E-state index in [1.165, 1.54) is 17.6 Å². The summed E-state index contributed by atoms with van der Waals surface area (Å²) in [5.74, 6) is -1.19. The maximum atomic E-state index is 11.8. The summed E-state index contributed by atoms with van der Waals surface area (Å²) in [6.07, 6.45) is 2.19. The topological polar surface area (TPSA) is 91.6 Å². The number of thiophene rings is 1. The minimum absolute atomic E-state index is 0.153. The van der Waals surface area contributed by atoms with Crippen molar-refractivity contribution in [1.82, 2.24) is 10.6 Å². The molecule has 3 N–H and O–H groups in total. The van der Waals surface area contributed by atoms with Gasteiger partial charge in [0.25, 0.3) is 0 Å². The largest absolute Gasteiger partial charge is 0.466 e. The molecular weight excluding hydrogens is 304 g/mol. The van der Waals surface area contributed by atoms with Gasteiger partial charge in [0.1, 0.15) is 5.76 Å². The van der Waals surface area contributed by atoms with E-state index in [2.05, 4.69) is 10.6 Å². The second-order valence-corrected chi connectivity index (χ2v) is 5.70. The maximum Gasteiger partial charge on any atom is 0.309 e. The van der Waals surface area contributed by atoms with Crippen molar-refractivity contribution in [3.05, 3.63) is 46.5 Å². The summed E-state index contributed by atoms with van der Waals surface area (Å²) in [6.45, 7) is 2.17. The minimum Gasteiger partial charge on any atom is -0.466 e. The minimum atomic E-state index is -1.50. The van der Waals surface area contributed by atoms with Crippen LogP contribution in [0.1, 0.15) is 24.0 Å². The zero-order valence-corrected chi connectivity index (χ0v) is 13.0. The molecule has 0 aliphatic rings. The van der Waals surface area contributed by atoms with Crippen LogP contribution in [-0.2, 0) is 15.2 Å². The van der Waals surface area contributed by atoms with Gasteiger partial charge in [0.05, 0.1) is 12.8 Å². The molecule has 0 saturated carbocycles. The van der Waals surface area contributed by atoms with Crippen molar-refractivity contribution in [2.45, 2.75) is 18.9 Å². The van der Waals surface area contributed by atoms with Gasteiger partial charge < -0.3 is 20.2 Å². The van der Waals surface area contributed by atoms with Gasteiger partial charge in [-0.2, -0.15) is 0 Å². The Labute approximate surface area is 132 Å². The molecule has 2 aromatic heterocycles. The third-order valence-electron chi connectivity index (χ3n) is 3.10. The molecule has 0 aliphatic heterocycles. The van der Waals surface area contributed by atoms with Crippen molar-refractivity contribution in [2.75, 3.05) is 13.1 Å². The van der Waals surface area contributed by atoms with Crippen molar-refractivity contribution in [2.24, 2.45) is 0 Å². The van der Waals surface area contributed by atoms with Crippen LogP contribution >= 0.6 is 11.3 Å². The Hall–Kier alpha value is -2.12. The monoisotopic (exact) mass is 322 g/mol. The molecule has 2 heterocycles. The van der Waals surface area contributed by atoms with Crippen LogP contribution in [0.15, 0.2) is 40.3 Å². The number of carbonyl (C=O) groups excluding carboxylic acids is 2. The number of aliphatic hydroxyl groups is 1. The molecular formula is C15H18N2O4S. The molecule has 1 unspecified atom stereocenters. The van der Waals surface area contributed by atoms with E-state index in [0.717, 1.165) is 6.42 Å². The summed E-state index contributed by atoms with van der Waals surface area (Å²) < 4.78 is 5.28. The Morgan fingerprint density at radius 1 is 1.27 bits per heavy atom. The van der Waals surface area contributed by atoms with Gasteiger partial charge in [-0.3, -0.25) is 9.59 Å². The van der Waals surface area contributed by atoms with Gasteiger partial charge in [0, 0.05) is 11.4 Å². The van der Waals surface area contributed by atoms with Crippen LogP contribution < -0.4 is 10.6 Å². The summed E-state index contributed by atoms with van der Waals surface area (Å²) in [5.41, 5.74) is -1.50. The van der Waals surface area contributed by atoms with Crippen LogP contribution in [0.4, 0.5) is 0 Å². The van der Waals surface area contributed by atoms with Gasteiger partial charge >= 0.3 is 11.8 Å². The lowest BCUT2D eigenvalue weighted by Crippen LogP contribution is -2.46. The molecule has 0 aromatic carbocycles. The van der Waals surface area contributed by atoms with Crippen LogP contribution in [0.3, 0.4) is 0 Å². The van der Waals surface area contributed by atoms with E-state index in [0.29, 0.717) is 17.2 Å². The van der Waals surface area contributed by atoms with Gasteiger partial charge in [-0.1, -0.05) is 13.0 Å². The average molecular weight is 322 g/mol. The zero-order chi connectivity index (χ0) is 16.0. The van der Waals surface area contributed by atoms with E-state index in [4.69, 9.17) is 4.42 Å². The smallest absolute Gasteiger partial charge is 0.309 e. The highest BCUT2D eigenvalue weighted by atomic mass is 32.1. The second-order valence-electron chi connectivity index (χ2n) is 4.75. The number of carbonyl (C=O) groups is 2. The second kappa shape index (κ2) is 7.24. The third-order valence-corrected chi connectivity index (χ3v) is 4.13. The molecule has 7 heteroatoms. The van der Waals surface area contributed by atoms with E-state index in [1.807, 2.05) is 12.3 Å². The van der Waals surface area contributed by atoms with Crippen LogP contribution in [0.2, 0.25) is 0 Å². The number of hydrogen-bond donors (Lipinski definition) is 3. The Bertz CT molecular complexity index is 573. The number of rotatable bonds is 6. The molecule has 6 nitrogen and oxygen atoms in total. The van der Waals surface area contributed by atoms with Gasteiger partial charge in [0.15, 0.2) is 5.60 Å². The van der Waals surface area contributed by atoms with E-state index in [1.54, 1.807) is 24.3 Å². The molecule has 118 valence electrons. The van der Waals surface area contributed by atoms with E-state index < -0.39 is 17.4 Å². The van der Waals surface area contributed by atoms with Crippen LogP contribution in [0.25, 0.3) is 0 Å². The van der Waals surface area contributed by atoms with Crippen molar-refractivity contribution < 1.29 is 19.1 Å². The Balaban J connectivity index is 2.09. The number of hydrogen-bond acceptors (Lipinski definition) is 5. The molecule has 0 fully saturated rings. The summed E-state index contributed by atoms with van der Waals surface area (Å²) in [4.78, 5) is 24.0. The lowest BCUT2D eigenvalue weighted by molar-refractivity contribution is -0.139. The zero-order valence-electron chi connectivity index (χ0n) is 12.2. The first kappa shape index (κ1) is 16.3. The van der Waals surface area contributed by atoms with Crippen LogP contribution in [0, 0.1) is 0 Å². The molecule has 0 saturated heterocycles. The number of furan rings is 1. The standard InChI is InChI=1S/C15H18N2O4S/c1-2-7-16-13(18)14(19)17-10-15(20,11-5-3-8-21-11)12-6-4-9-22-12/h3-6,8-9,20H,2,7,10H2,1H3,(H,16,18)(H,17,19). The SMILES string of the molecule is CCCNC(=O)C(=O)NCC(O)(c1ccco1)c1cccs1. The first-order chi connectivity index (χ1) is 10.6. The Morgan fingerprint density at radius 3 is 2.64 bits per heavy atom. The lowest BCUT2D eigenvalue weighted by Gasteiger charge is -2.25. The van der Waals surface area contributed by atoms with Crippen molar-refractivity contribution >= 4 is 23.2 Å². The fourth-order valence-electron chi connectivity index (χ4n) is 1.93. The predicted octanol–water partition coefficient (Wildman–Crippen LogP) is 1.22. The highest BCUT2D eigenvalue weighted by Crippen LogP contribution is 2.32. The quantitative estimate of drug-likeness (QED) is 0.697. The molecule has 0 bridgehead atoms. The first-order valence-electron chi connectivity index (χ1n) is 6.94. The van der Waals surface area contributed by atoms with E-state index in [-0.39, 0.29) is 6.54 Å². The lowest BCUT2D eigenvalue weighted by atomic mass is 9.98. The molecule has 2 rings (SSSR count). The Morgan fingerprint density at radius 2 is 2.05 bits per heavy atom. The summed E-state index contributed by atoms with van der Waals surface area (Å²) in [7, 11) is 0. The molecule has 2 amide bonds. The molecule has 0 radical (unpaired) electrons. The highest BCUT2D eigenvalue weighted by molar-refractivity contribution is 7.10. The van der Waals surface area contributed by atoms with Crippen molar-refractivity contribution in [3.8, 4) is 0 Å². The van der Waals surface area contributed by atoms with Gasteiger partial charge in [-0.25, -0.2) is 0 Å². The molecule has 0 spiro atoms. The molecule has 1 atom stereocenters. The maximum absolute atomic E-state index is 11.8. The predicted molar refractivity (Wildman–Crippen MR) is 82.3 cm³/mol. The van der Waals surface area contributed by atoms with Gasteiger partial charge in [-0.15, -0.1) is 11.3 Å². The summed E-state index contributed by atoms with van der Waals surface area (Å²) in [6, 6.07) is 6.83. The highest BCUT2D eigenvalue weighted by Gasteiger charge is 2.36. The van der Waals surface area contributed by atoms with Crippen LogP contribution in [-0.4, -0.2) is 30.0 Å². The number of amides is 2. The van der Waals surface area contributed by atoms with Crippen LogP contribution in [0.5, 0.6) is 0 Å². The first-order valence-corrected chi connectivity index (χ1v) is 7.82. The van der Waals surface area contributed by atoms with Crippen molar-refractivity contribution in [1.29, 1.82) is 0 Å². The number of nitrogens with one attached hydrogen (secondary N) is 2. The van der Waals surface area contributed by atoms with Crippen molar-refractivity contribution in [3.63, 3.8) is 0 Å². The Kier molecular flexibility index (Phi) is 5.35. The molecule has 2 aromatic rings. The normalized spacial score (nSPS) is 13.4. The van der Waals surface area contributed by atoms with E-state index >= 15 is 0 Å². The summed E-state index contributed by atoms with van der Waals surface area (Å²) >= 11 is 1.34.